The number of benzene rings is 1. The van der Waals surface area contributed by atoms with Gasteiger partial charge in [0.1, 0.15) is 0 Å². The Kier molecular flexibility index (Phi) is 6.55. The number of anilines is 1. The average molecular weight is 388 g/mol. The molecule has 0 unspecified atom stereocenters. The van der Waals surface area contributed by atoms with Gasteiger partial charge in [0.2, 0.25) is 5.91 Å². The van der Waals surface area contributed by atoms with Crippen LogP contribution >= 0.6 is 11.3 Å². The third kappa shape index (κ3) is 5.13. The number of nitrogens with one attached hydrogen (secondary N) is 1. The molecule has 1 heterocycles. The number of nitrogens with zero attached hydrogens (tertiary/aromatic N) is 2. The van der Waals surface area contributed by atoms with Crippen molar-refractivity contribution in [3.63, 3.8) is 0 Å². The van der Waals surface area contributed by atoms with Crippen molar-refractivity contribution < 1.29 is 9.72 Å². The first-order chi connectivity index (χ1) is 13.1. The molecule has 1 aliphatic rings. The van der Waals surface area contributed by atoms with Crippen molar-refractivity contribution in [3.8, 4) is 11.3 Å². The summed E-state index contributed by atoms with van der Waals surface area (Å²) >= 11 is 1.38. The highest BCUT2D eigenvalue weighted by molar-refractivity contribution is 7.14. The van der Waals surface area contributed by atoms with Crippen molar-refractivity contribution in [2.24, 2.45) is 11.8 Å². The van der Waals surface area contributed by atoms with Crippen LogP contribution in [-0.2, 0) is 4.79 Å². The molecule has 27 heavy (non-hydrogen) atoms. The van der Waals surface area contributed by atoms with Gasteiger partial charge in [0.15, 0.2) is 5.13 Å². The van der Waals surface area contributed by atoms with E-state index in [-0.39, 0.29) is 17.5 Å². The molecule has 7 heteroatoms. The maximum atomic E-state index is 12.5. The maximum absolute atomic E-state index is 12.5. The molecule has 3 rings (SSSR count). The number of aromatic nitrogens is 1. The molecule has 0 spiro atoms. The Labute approximate surface area is 163 Å². The lowest BCUT2D eigenvalue weighted by molar-refractivity contribution is -0.384. The lowest BCUT2D eigenvalue weighted by atomic mass is 9.79. The molecular formula is C20H25N3O3S. The van der Waals surface area contributed by atoms with Gasteiger partial charge in [0, 0.05) is 29.0 Å². The Morgan fingerprint density at radius 3 is 2.59 bits per heavy atom. The summed E-state index contributed by atoms with van der Waals surface area (Å²) in [4.78, 5) is 27.3. The molecule has 144 valence electrons. The summed E-state index contributed by atoms with van der Waals surface area (Å²) in [6.07, 6.45) is 8.01. The zero-order valence-corrected chi connectivity index (χ0v) is 16.3. The predicted octanol–water partition coefficient (Wildman–Crippen LogP) is 5.65. The Morgan fingerprint density at radius 1 is 1.26 bits per heavy atom. The molecule has 0 aliphatic heterocycles. The fraction of sp³-hybridized carbons (Fsp3) is 0.500. The largest absolute Gasteiger partial charge is 0.302 e. The number of nitro groups is 1. The van der Waals surface area contributed by atoms with E-state index in [4.69, 9.17) is 0 Å². The first-order valence-electron chi connectivity index (χ1n) is 9.58. The van der Waals surface area contributed by atoms with E-state index in [0.29, 0.717) is 10.8 Å². The molecule has 0 atom stereocenters. The fourth-order valence-electron chi connectivity index (χ4n) is 3.63. The number of hydrogen-bond acceptors (Lipinski definition) is 5. The first-order valence-corrected chi connectivity index (χ1v) is 10.5. The van der Waals surface area contributed by atoms with Gasteiger partial charge in [-0.05, 0) is 43.7 Å². The van der Waals surface area contributed by atoms with Gasteiger partial charge >= 0.3 is 0 Å². The highest BCUT2D eigenvalue weighted by atomic mass is 32.1. The highest BCUT2D eigenvalue weighted by Gasteiger charge is 2.26. The second kappa shape index (κ2) is 9.08. The van der Waals surface area contributed by atoms with Crippen LogP contribution in [0.15, 0.2) is 29.6 Å². The van der Waals surface area contributed by atoms with Crippen molar-refractivity contribution >= 4 is 28.1 Å². The molecular weight excluding hydrogens is 362 g/mol. The van der Waals surface area contributed by atoms with Crippen LogP contribution in [-0.4, -0.2) is 15.8 Å². The van der Waals surface area contributed by atoms with E-state index in [1.54, 1.807) is 12.1 Å². The fourth-order valence-corrected chi connectivity index (χ4v) is 4.35. The minimum Gasteiger partial charge on any atom is -0.302 e. The number of carbonyl (C=O) groups excluding carboxylic acids is 1. The van der Waals surface area contributed by atoms with E-state index in [2.05, 4.69) is 17.2 Å². The molecule has 1 amide bonds. The Bertz CT molecular complexity index is 780. The summed E-state index contributed by atoms with van der Waals surface area (Å²) in [5, 5.41) is 16.1. The lowest BCUT2D eigenvalue weighted by Crippen LogP contribution is -2.27. The van der Waals surface area contributed by atoms with Crippen LogP contribution in [0.25, 0.3) is 11.3 Å². The number of nitro benzene ring substituents is 1. The van der Waals surface area contributed by atoms with Gasteiger partial charge in [-0.3, -0.25) is 14.9 Å². The van der Waals surface area contributed by atoms with Gasteiger partial charge in [0.05, 0.1) is 10.6 Å². The maximum Gasteiger partial charge on any atom is 0.269 e. The average Bonchev–Trinajstić information content (AvgIpc) is 3.15. The zero-order chi connectivity index (χ0) is 19.2. The third-order valence-electron chi connectivity index (χ3n) is 5.29. The number of non-ortho nitro benzene ring substituents is 1. The molecule has 2 aromatic rings. The first kappa shape index (κ1) is 19.5. The van der Waals surface area contributed by atoms with Crippen LogP contribution in [0.2, 0.25) is 0 Å². The van der Waals surface area contributed by atoms with Crippen molar-refractivity contribution in [2.45, 2.75) is 51.9 Å². The summed E-state index contributed by atoms with van der Waals surface area (Å²) in [6.45, 7) is 2.22. The Morgan fingerprint density at radius 2 is 1.96 bits per heavy atom. The van der Waals surface area contributed by atoms with E-state index in [1.807, 2.05) is 5.38 Å². The summed E-state index contributed by atoms with van der Waals surface area (Å²) in [6, 6.07) is 6.28. The monoisotopic (exact) mass is 387 g/mol. The van der Waals surface area contributed by atoms with Crippen LogP contribution in [0.4, 0.5) is 10.8 Å². The summed E-state index contributed by atoms with van der Waals surface area (Å²) in [7, 11) is 0. The van der Waals surface area contributed by atoms with E-state index in [9.17, 15) is 14.9 Å². The molecule has 1 aromatic heterocycles. The SMILES string of the molecule is CCCCC1CCC(C(=O)Nc2nc(-c3ccc([N+](=O)[O-])cc3)cs2)CC1. The van der Waals surface area contributed by atoms with Gasteiger partial charge in [-0.25, -0.2) is 4.98 Å². The van der Waals surface area contributed by atoms with Gasteiger partial charge in [0.25, 0.3) is 5.69 Å². The second-order valence-corrected chi connectivity index (χ2v) is 8.05. The van der Waals surface area contributed by atoms with Crippen molar-refractivity contribution in [2.75, 3.05) is 5.32 Å². The molecule has 0 saturated heterocycles. The van der Waals surface area contributed by atoms with Crippen LogP contribution in [0.1, 0.15) is 51.9 Å². The number of thiazole rings is 1. The molecule has 0 bridgehead atoms. The van der Waals surface area contributed by atoms with E-state index in [1.165, 1.54) is 42.7 Å². The van der Waals surface area contributed by atoms with Crippen molar-refractivity contribution in [3.05, 3.63) is 39.8 Å². The van der Waals surface area contributed by atoms with Crippen LogP contribution in [0.3, 0.4) is 0 Å². The summed E-state index contributed by atoms with van der Waals surface area (Å²) in [5.41, 5.74) is 1.57. The smallest absolute Gasteiger partial charge is 0.269 e. The predicted molar refractivity (Wildman–Crippen MR) is 108 cm³/mol. The molecule has 1 aromatic carbocycles. The van der Waals surface area contributed by atoms with Crippen LogP contribution < -0.4 is 5.32 Å². The minimum absolute atomic E-state index is 0.0528. The van der Waals surface area contributed by atoms with Gasteiger partial charge < -0.3 is 5.32 Å². The number of rotatable bonds is 7. The summed E-state index contributed by atoms with van der Waals surface area (Å²) < 4.78 is 0. The second-order valence-electron chi connectivity index (χ2n) is 7.19. The molecule has 1 fully saturated rings. The molecule has 1 saturated carbocycles. The van der Waals surface area contributed by atoms with Gasteiger partial charge in [-0.2, -0.15) is 0 Å². The standard InChI is InChI=1S/C20H25N3O3S/c1-2-3-4-14-5-7-16(8-6-14)19(24)22-20-21-18(13-27-20)15-9-11-17(12-10-15)23(25)26/h9-14,16H,2-8H2,1H3,(H,21,22,24). The Balaban J connectivity index is 1.54. The number of amides is 1. The molecule has 1 aliphatic carbocycles. The van der Waals surface area contributed by atoms with Gasteiger partial charge in [-0.15, -0.1) is 11.3 Å². The lowest BCUT2D eigenvalue weighted by Gasteiger charge is -2.27. The third-order valence-corrected chi connectivity index (χ3v) is 6.05. The molecule has 0 radical (unpaired) electrons. The zero-order valence-electron chi connectivity index (χ0n) is 15.5. The molecule has 1 N–H and O–H groups in total. The topological polar surface area (TPSA) is 85.1 Å². The minimum atomic E-state index is -0.423. The van der Waals surface area contributed by atoms with Crippen LogP contribution in [0.5, 0.6) is 0 Å². The number of hydrogen-bond donors (Lipinski definition) is 1. The quantitative estimate of drug-likeness (QED) is 0.491. The number of unbranched alkanes of at least 4 members (excludes halogenated alkanes) is 1. The normalized spacial score (nSPS) is 19.6. The van der Waals surface area contributed by atoms with E-state index < -0.39 is 4.92 Å². The number of carbonyl (C=O) groups is 1. The van der Waals surface area contributed by atoms with Crippen molar-refractivity contribution in [1.29, 1.82) is 0 Å². The summed E-state index contributed by atoms with van der Waals surface area (Å²) in [5.74, 6) is 0.922. The Hall–Kier alpha value is -2.28. The van der Waals surface area contributed by atoms with E-state index >= 15 is 0 Å². The molecule has 6 nitrogen and oxygen atoms in total. The van der Waals surface area contributed by atoms with E-state index in [0.717, 1.165) is 37.2 Å². The van der Waals surface area contributed by atoms with Crippen LogP contribution in [0, 0.1) is 22.0 Å². The van der Waals surface area contributed by atoms with Gasteiger partial charge in [-0.1, -0.05) is 26.2 Å². The van der Waals surface area contributed by atoms with Crippen molar-refractivity contribution in [1.82, 2.24) is 4.98 Å². The highest BCUT2D eigenvalue weighted by Crippen LogP contribution is 2.33.